The van der Waals surface area contributed by atoms with Crippen molar-refractivity contribution >= 4 is 15.7 Å². The van der Waals surface area contributed by atoms with Crippen molar-refractivity contribution in [1.29, 1.82) is 0 Å². The zero-order chi connectivity index (χ0) is 20.0. The highest BCUT2D eigenvalue weighted by Crippen LogP contribution is 2.42. The second kappa shape index (κ2) is 7.69. The number of hydrogen-bond donors (Lipinski definition) is 0. The Hall–Kier alpha value is -1.40. The van der Waals surface area contributed by atoms with Gasteiger partial charge in [-0.3, -0.25) is 9.69 Å². The van der Waals surface area contributed by atoms with Crippen LogP contribution in [0.4, 0.5) is 0 Å². The quantitative estimate of drug-likeness (QED) is 0.715. The highest BCUT2D eigenvalue weighted by molar-refractivity contribution is 7.91. The standard InChI is InChI=1S/C23H32N2O3S/c26-23(25(19-6-2-3-7-19)20-13-14-29(27,28)16-20)15-24(18-10-11-18)22-12-9-17-5-1-4-8-21(17)22/h1,4-5,8,18-20,22H,2-3,6-7,9-16H2. The van der Waals surface area contributed by atoms with Crippen LogP contribution in [0.2, 0.25) is 0 Å². The minimum absolute atomic E-state index is 0.118. The van der Waals surface area contributed by atoms with Crippen molar-refractivity contribution in [2.24, 2.45) is 0 Å². The summed E-state index contributed by atoms with van der Waals surface area (Å²) < 4.78 is 24.2. The summed E-state index contributed by atoms with van der Waals surface area (Å²) in [6.07, 6.45) is 9.49. The second-order valence-electron chi connectivity index (χ2n) is 9.45. The molecule has 0 spiro atoms. The molecule has 1 aromatic rings. The van der Waals surface area contributed by atoms with Crippen LogP contribution in [0.15, 0.2) is 24.3 Å². The van der Waals surface area contributed by atoms with E-state index in [1.807, 2.05) is 4.90 Å². The summed E-state index contributed by atoms with van der Waals surface area (Å²) in [6.45, 7) is 0.441. The maximum Gasteiger partial charge on any atom is 0.237 e. The number of hydrogen-bond acceptors (Lipinski definition) is 4. The first-order chi connectivity index (χ1) is 14.0. The van der Waals surface area contributed by atoms with Gasteiger partial charge in [0.1, 0.15) is 0 Å². The van der Waals surface area contributed by atoms with Crippen LogP contribution >= 0.6 is 0 Å². The number of fused-ring (bicyclic) bond motifs is 1. The van der Waals surface area contributed by atoms with Crippen molar-refractivity contribution in [3.8, 4) is 0 Å². The minimum Gasteiger partial charge on any atom is -0.335 e. The Kier molecular flexibility index (Phi) is 5.19. The van der Waals surface area contributed by atoms with Gasteiger partial charge in [-0.15, -0.1) is 0 Å². The smallest absolute Gasteiger partial charge is 0.237 e. The van der Waals surface area contributed by atoms with Gasteiger partial charge in [0.15, 0.2) is 9.84 Å². The molecule has 158 valence electrons. The maximum absolute atomic E-state index is 13.6. The Balaban J connectivity index is 1.37. The monoisotopic (exact) mass is 416 g/mol. The molecule has 0 radical (unpaired) electrons. The molecule has 0 aromatic heterocycles. The van der Waals surface area contributed by atoms with Gasteiger partial charge in [-0.25, -0.2) is 8.42 Å². The van der Waals surface area contributed by atoms with Gasteiger partial charge in [-0.1, -0.05) is 37.1 Å². The predicted molar refractivity (Wildman–Crippen MR) is 113 cm³/mol. The first kappa shape index (κ1) is 19.6. The second-order valence-corrected chi connectivity index (χ2v) is 11.7. The van der Waals surface area contributed by atoms with Gasteiger partial charge < -0.3 is 4.90 Å². The molecule has 1 aliphatic heterocycles. The third-order valence-electron chi connectivity index (χ3n) is 7.44. The molecule has 5 rings (SSSR count). The fourth-order valence-electron chi connectivity index (χ4n) is 5.90. The largest absolute Gasteiger partial charge is 0.335 e. The zero-order valence-electron chi connectivity index (χ0n) is 17.1. The van der Waals surface area contributed by atoms with Gasteiger partial charge in [-0.05, 0) is 56.1 Å². The molecule has 1 saturated heterocycles. The summed E-state index contributed by atoms with van der Waals surface area (Å²) in [6, 6.07) is 9.62. The Labute approximate surface area is 174 Å². The summed E-state index contributed by atoms with van der Waals surface area (Å²) in [4.78, 5) is 18.1. The zero-order valence-corrected chi connectivity index (χ0v) is 17.9. The normalized spacial score (nSPS) is 28.7. The van der Waals surface area contributed by atoms with E-state index in [1.165, 1.54) is 24.0 Å². The fraction of sp³-hybridized carbons (Fsp3) is 0.696. The third kappa shape index (κ3) is 3.98. The van der Waals surface area contributed by atoms with E-state index in [4.69, 9.17) is 0 Å². The van der Waals surface area contributed by atoms with Crippen molar-refractivity contribution in [3.63, 3.8) is 0 Å². The van der Waals surface area contributed by atoms with Crippen molar-refractivity contribution in [2.45, 2.75) is 82.0 Å². The van der Waals surface area contributed by atoms with Gasteiger partial charge in [0, 0.05) is 24.2 Å². The molecule has 0 N–H and O–H groups in total. The summed E-state index contributed by atoms with van der Waals surface area (Å²) >= 11 is 0. The van der Waals surface area contributed by atoms with Crippen LogP contribution in [-0.2, 0) is 21.1 Å². The number of nitrogens with zero attached hydrogens (tertiary/aromatic N) is 2. The molecule has 2 saturated carbocycles. The lowest BCUT2D eigenvalue weighted by Crippen LogP contribution is -2.51. The number of carbonyl (C=O) groups is 1. The summed E-state index contributed by atoms with van der Waals surface area (Å²) in [5.41, 5.74) is 2.81. The number of amides is 1. The van der Waals surface area contributed by atoms with Crippen LogP contribution in [0.25, 0.3) is 0 Å². The molecule has 1 amide bonds. The lowest BCUT2D eigenvalue weighted by Gasteiger charge is -2.37. The Bertz CT molecular complexity index is 874. The Morgan fingerprint density at radius 3 is 2.38 bits per heavy atom. The number of sulfone groups is 1. The van der Waals surface area contributed by atoms with E-state index in [-0.39, 0.29) is 29.5 Å². The van der Waals surface area contributed by atoms with Crippen molar-refractivity contribution in [3.05, 3.63) is 35.4 Å². The first-order valence-electron chi connectivity index (χ1n) is 11.4. The van der Waals surface area contributed by atoms with Gasteiger partial charge in [-0.2, -0.15) is 0 Å². The number of aryl methyl sites for hydroxylation is 1. The predicted octanol–water partition coefficient (Wildman–Crippen LogP) is 3.10. The molecule has 29 heavy (non-hydrogen) atoms. The maximum atomic E-state index is 13.6. The Morgan fingerprint density at radius 2 is 1.69 bits per heavy atom. The average Bonchev–Trinajstić information content (AvgIpc) is 3.08. The number of rotatable bonds is 6. The third-order valence-corrected chi connectivity index (χ3v) is 9.19. The molecule has 2 unspecified atom stereocenters. The molecule has 1 aromatic carbocycles. The first-order valence-corrected chi connectivity index (χ1v) is 13.2. The van der Waals surface area contributed by atoms with E-state index in [2.05, 4.69) is 29.2 Å². The molecular weight excluding hydrogens is 384 g/mol. The van der Waals surface area contributed by atoms with Crippen molar-refractivity contribution in [2.75, 3.05) is 18.1 Å². The van der Waals surface area contributed by atoms with Crippen LogP contribution in [0, 0.1) is 0 Å². The van der Waals surface area contributed by atoms with E-state index >= 15 is 0 Å². The molecule has 5 nitrogen and oxygen atoms in total. The number of carbonyl (C=O) groups excluding carboxylic acids is 1. The molecular formula is C23H32N2O3S. The van der Waals surface area contributed by atoms with E-state index in [0.29, 0.717) is 25.0 Å². The summed E-state index contributed by atoms with van der Waals surface area (Å²) in [5, 5.41) is 0. The van der Waals surface area contributed by atoms with Gasteiger partial charge in [0.2, 0.25) is 5.91 Å². The van der Waals surface area contributed by atoms with Crippen molar-refractivity contribution in [1.82, 2.24) is 9.80 Å². The molecule has 4 aliphatic rings. The highest BCUT2D eigenvalue weighted by Gasteiger charge is 2.43. The Morgan fingerprint density at radius 1 is 0.931 bits per heavy atom. The topological polar surface area (TPSA) is 57.7 Å². The van der Waals surface area contributed by atoms with Crippen molar-refractivity contribution < 1.29 is 13.2 Å². The van der Waals surface area contributed by atoms with Crippen LogP contribution < -0.4 is 0 Å². The van der Waals surface area contributed by atoms with Crippen LogP contribution in [0.1, 0.15) is 68.5 Å². The molecule has 1 heterocycles. The lowest BCUT2D eigenvalue weighted by molar-refractivity contribution is -0.137. The van der Waals surface area contributed by atoms with E-state index in [0.717, 1.165) is 38.5 Å². The summed E-state index contributed by atoms with van der Waals surface area (Å²) in [5.74, 6) is 0.553. The molecule has 3 fully saturated rings. The molecule has 6 heteroatoms. The molecule has 2 atom stereocenters. The SMILES string of the molecule is O=C(CN(C1CC1)C1CCc2ccccc21)N(C1CCCC1)C1CCS(=O)(=O)C1. The van der Waals surface area contributed by atoms with E-state index in [9.17, 15) is 13.2 Å². The van der Waals surface area contributed by atoms with Gasteiger partial charge in [0.05, 0.1) is 18.1 Å². The van der Waals surface area contributed by atoms with Gasteiger partial charge >= 0.3 is 0 Å². The molecule has 0 bridgehead atoms. The number of benzene rings is 1. The van der Waals surface area contributed by atoms with Crippen LogP contribution in [-0.4, -0.2) is 60.3 Å². The van der Waals surface area contributed by atoms with E-state index < -0.39 is 9.84 Å². The van der Waals surface area contributed by atoms with Gasteiger partial charge in [0.25, 0.3) is 0 Å². The minimum atomic E-state index is -3.00. The summed E-state index contributed by atoms with van der Waals surface area (Å²) in [7, 11) is -3.00. The van der Waals surface area contributed by atoms with Crippen LogP contribution in [0.5, 0.6) is 0 Å². The fourth-order valence-corrected chi connectivity index (χ4v) is 7.61. The molecule has 3 aliphatic carbocycles. The average molecular weight is 417 g/mol. The van der Waals surface area contributed by atoms with Crippen LogP contribution in [0.3, 0.4) is 0 Å². The van der Waals surface area contributed by atoms with E-state index in [1.54, 1.807) is 0 Å². The highest BCUT2D eigenvalue weighted by atomic mass is 32.2. The lowest BCUT2D eigenvalue weighted by atomic mass is 10.1.